The third-order valence-corrected chi connectivity index (χ3v) is 5.73. The summed E-state index contributed by atoms with van der Waals surface area (Å²) in [6, 6.07) is 0.561. The second-order valence-electron chi connectivity index (χ2n) is 7.63. The quantitative estimate of drug-likeness (QED) is 0.659. The molecule has 6 heteroatoms. The first-order valence-corrected chi connectivity index (χ1v) is 9.92. The molecule has 150 valence electrons. The number of nitrogens with zero attached hydrogens (tertiary/aromatic N) is 1. The highest BCUT2D eigenvalue weighted by Crippen LogP contribution is 2.22. The second kappa shape index (κ2) is 14.1. The predicted octanol–water partition coefficient (Wildman–Crippen LogP) is 3.63. The van der Waals surface area contributed by atoms with E-state index in [1.54, 1.807) is 0 Å². The number of hydrogen-bond acceptors (Lipinski definition) is 3. The number of piperidine rings is 2. The zero-order valence-electron chi connectivity index (χ0n) is 16.1. The lowest BCUT2D eigenvalue weighted by Crippen LogP contribution is -2.47. The van der Waals surface area contributed by atoms with Crippen molar-refractivity contribution >= 4 is 30.7 Å². The number of rotatable bonds is 8. The molecule has 4 nitrogen and oxygen atoms in total. The van der Waals surface area contributed by atoms with Crippen molar-refractivity contribution in [3.63, 3.8) is 0 Å². The average molecular weight is 396 g/mol. The van der Waals surface area contributed by atoms with Gasteiger partial charge in [-0.25, -0.2) is 0 Å². The number of nitrogens with one attached hydrogen (secondary N) is 2. The van der Waals surface area contributed by atoms with Gasteiger partial charge in [-0.2, -0.15) is 0 Å². The lowest BCUT2D eigenvalue weighted by molar-refractivity contribution is -0.122. The maximum atomic E-state index is 12.3. The molecule has 2 saturated heterocycles. The van der Waals surface area contributed by atoms with Crippen LogP contribution in [-0.4, -0.2) is 49.6 Å². The molecule has 2 N–H and O–H groups in total. The van der Waals surface area contributed by atoms with Crippen molar-refractivity contribution in [1.82, 2.24) is 15.5 Å². The molecule has 2 fully saturated rings. The summed E-state index contributed by atoms with van der Waals surface area (Å²) in [5.74, 6) is 1.42. The van der Waals surface area contributed by atoms with Gasteiger partial charge in [0.15, 0.2) is 0 Å². The van der Waals surface area contributed by atoms with E-state index in [0.717, 1.165) is 19.6 Å². The van der Waals surface area contributed by atoms with E-state index in [9.17, 15) is 4.79 Å². The standard InChI is InChI=1S/C19H37N3O.2ClH/c1-3-4-11-22-12-6-5-9-18(22)15-21-19(23)13-16(2)17-8-7-10-20-14-17;;/h16-18,20H,3-15H2,1-2H3,(H,21,23);2*1H. The minimum Gasteiger partial charge on any atom is -0.355 e. The molecule has 0 aromatic rings. The van der Waals surface area contributed by atoms with E-state index >= 15 is 0 Å². The molecule has 3 unspecified atom stereocenters. The van der Waals surface area contributed by atoms with Gasteiger partial charge >= 0.3 is 0 Å². The fourth-order valence-electron chi connectivity index (χ4n) is 4.07. The Balaban J connectivity index is 0.00000288. The Hall–Kier alpha value is -0.0300. The van der Waals surface area contributed by atoms with Crippen LogP contribution in [0, 0.1) is 11.8 Å². The maximum Gasteiger partial charge on any atom is 0.220 e. The van der Waals surface area contributed by atoms with Crippen molar-refractivity contribution in [3.05, 3.63) is 0 Å². The number of carbonyl (C=O) groups is 1. The fraction of sp³-hybridized carbons (Fsp3) is 0.947. The lowest BCUT2D eigenvalue weighted by Gasteiger charge is -2.36. The smallest absolute Gasteiger partial charge is 0.220 e. The Morgan fingerprint density at radius 1 is 1.24 bits per heavy atom. The monoisotopic (exact) mass is 395 g/mol. The lowest BCUT2D eigenvalue weighted by atomic mass is 9.85. The molecule has 0 radical (unpaired) electrons. The minimum absolute atomic E-state index is 0. The van der Waals surface area contributed by atoms with Crippen molar-refractivity contribution in [3.8, 4) is 0 Å². The molecule has 2 heterocycles. The van der Waals surface area contributed by atoms with Crippen LogP contribution in [0.25, 0.3) is 0 Å². The minimum atomic E-state index is 0. The molecule has 25 heavy (non-hydrogen) atoms. The van der Waals surface area contributed by atoms with E-state index < -0.39 is 0 Å². The average Bonchev–Trinajstić information content (AvgIpc) is 2.59. The molecule has 0 saturated carbocycles. The number of hydrogen-bond donors (Lipinski definition) is 2. The number of likely N-dealkylation sites (tertiary alicyclic amines) is 1. The van der Waals surface area contributed by atoms with E-state index in [2.05, 4.69) is 29.4 Å². The normalized spacial score (nSPS) is 25.4. The molecule has 2 aliphatic rings. The molecule has 2 rings (SSSR count). The molecule has 0 bridgehead atoms. The van der Waals surface area contributed by atoms with E-state index in [1.165, 1.54) is 58.0 Å². The molecule has 0 aromatic carbocycles. The number of carbonyl (C=O) groups excluding carboxylic acids is 1. The predicted molar refractivity (Wildman–Crippen MR) is 111 cm³/mol. The fourth-order valence-corrected chi connectivity index (χ4v) is 4.07. The first-order valence-electron chi connectivity index (χ1n) is 9.92. The summed E-state index contributed by atoms with van der Waals surface area (Å²) in [6.45, 7) is 9.98. The number of amides is 1. The summed E-state index contributed by atoms with van der Waals surface area (Å²) in [5.41, 5.74) is 0. The van der Waals surface area contributed by atoms with Crippen molar-refractivity contribution in [2.75, 3.05) is 32.7 Å². The summed E-state index contributed by atoms with van der Waals surface area (Å²) in [7, 11) is 0. The van der Waals surface area contributed by atoms with Crippen LogP contribution < -0.4 is 10.6 Å². The summed E-state index contributed by atoms with van der Waals surface area (Å²) in [4.78, 5) is 14.9. The first kappa shape index (κ1) is 25.0. The van der Waals surface area contributed by atoms with Crippen molar-refractivity contribution in [2.24, 2.45) is 11.8 Å². The highest BCUT2D eigenvalue weighted by Gasteiger charge is 2.24. The summed E-state index contributed by atoms with van der Waals surface area (Å²) in [6.07, 6.45) is 9.62. The van der Waals surface area contributed by atoms with Crippen LogP contribution in [-0.2, 0) is 4.79 Å². The third kappa shape index (κ3) is 8.94. The molecular weight excluding hydrogens is 357 g/mol. The topological polar surface area (TPSA) is 44.4 Å². The van der Waals surface area contributed by atoms with Gasteiger partial charge in [0, 0.05) is 19.0 Å². The van der Waals surface area contributed by atoms with Crippen LogP contribution in [0.2, 0.25) is 0 Å². The van der Waals surface area contributed by atoms with Gasteiger partial charge in [0.2, 0.25) is 5.91 Å². The molecule has 2 aliphatic heterocycles. The first-order chi connectivity index (χ1) is 11.2. The van der Waals surface area contributed by atoms with Gasteiger partial charge in [0.05, 0.1) is 0 Å². The van der Waals surface area contributed by atoms with Crippen molar-refractivity contribution < 1.29 is 4.79 Å². The van der Waals surface area contributed by atoms with Gasteiger partial charge in [-0.15, -0.1) is 24.8 Å². The summed E-state index contributed by atoms with van der Waals surface area (Å²) >= 11 is 0. The van der Waals surface area contributed by atoms with Gasteiger partial charge in [0.1, 0.15) is 0 Å². The largest absolute Gasteiger partial charge is 0.355 e. The highest BCUT2D eigenvalue weighted by molar-refractivity contribution is 5.85. The van der Waals surface area contributed by atoms with Crippen molar-refractivity contribution in [1.29, 1.82) is 0 Å². The second-order valence-corrected chi connectivity index (χ2v) is 7.63. The molecule has 1 amide bonds. The van der Waals surface area contributed by atoms with E-state index in [1.807, 2.05) is 0 Å². The van der Waals surface area contributed by atoms with E-state index in [-0.39, 0.29) is 30.7 Å². The van der Waals surface area contributed by atoms with Crippen LogP contribution in [0.3, 0.4) is 0 Å². The number of halogens is 2. The molecular formula is C19H39Cl2N3O. The Bertz CT molecular complexity index is 352. The van der Waals surface area contributed by atoms with E-state index in [0.29, 0.717) is 24.3 Å². The summed E-state index contributed by atoms with van der Waals surface area (Å²) in [5, 5.41) is 6.69. The Morgan fingerprint density at radius 2 is 2.04 bits per heavy atom. The van der Waals surface area contributed by atoms with Crippen molar-refractivity contribution in [2.45, 2.75) is 71.3 Å². The van der Waals surface area contributed by atoms with E-state index in [4.69, 9.17) is 0 Å². The molecule has 0 spiro atoms. The van der Waals surface area contributed by atoms with Gasteiger partial charge in [-0.1, -0.05) is 26.7 Å². The Morgan fingerprint density at radius 3 is 2.72 bits per heavy atom. The zero-order valence-corrected chi connectivity index (χ0v) is 17.7. The van der Waals surface area contributed by atoms with Crippen LogP contribution in [0.4, 0.5) is 0 Å². The third-order valence-electron chi connectivity index (χ3n) is 5.73. The molecule has 3 atom stereocenters. The van der Waals surface area contributed by atoms with Gasteiger partial charge in [-0.3, -0.25) is 9.69 Å². The maximum absolute atomic E-state index is 12.3. The summed E-state index contributed by atoms with van der Waals surface area (Å²) < 4.78 is 0. The molecule has 0 aliphatic carbocycles. The van der Waals surface area contributed by atoms with Crippen LogP contribution >= 0.6 is 24.8 Å². The Labute approximate surface area is 167 Å². The number of unbranched alkanes of at least 4 members (excludes halogenated alkanes) is 1. The van der Waals surface area contributed by atoms with Crippen LogP contribution in [0.15, 0.2) is 0 Å². The van der Waals surface area contributed by atoms with Gasteiger partial charge in [0.25, 0.3) is 0 Å². The van der Waals surface area contributed by atoms with Gasteiger partial charge in [-0.05, 0) is 70.1 Å². The SMILES string of the molecule is CCCCN1CCCCC1CNC(=O)CC(C)C1CCCNC1.Cl.Cl. The Kier molecular flexibility index (Phi) is 14.1. The van der Waals surface area contributed by atoms with Crippen LogP contribution in [0.5, 0.6) is 0 Å². The van der Waals surface area contributed by atoms with Crippen LogP contribution in [0.1, 0.15) is 65.2 Å². The van der Waals surface area contributed by atoms with Gasteiger partial charge < -0.3 is 10.6 Å². The molecule has 0 aromatic heterocycles. The zero-order chi connectivity index (χ0) is 16.5. The highest BCUT2D eigenvalue weighted by atomic mass is 35.5.